The Balaban J connectivity index is 1.39. The van der Waals surface area contributed by atoms with Gasteiger partial charge in [-0.1, -0.05) is 19.9 Å². The average Bonchev–Trinajstić information content (AvgIpc) is 2.83. The van der Waals surface area contributed by atoms with Gasteiger partial charge in [0.2, 0.25) is 5.95 Å². The Labute approximate surface area is 197 Å². The lowest BCUT2D eigenvalue weighted by Gasteiger charge is -2.33. The fourth-order valence-electron chi connectivity index (χ4n) is 5.00. The van der Waals surface area contributed by atoms with Crippen molar-refractivity contribution in [3.63, 3.8) is 0 Å². The van der Waals surface area contributed by atoms with E-state index in [1.165, 1.54) is 12.8 Å². The van der Waals surface area contributed by atoms with Crippen molar-refractivity contribution in [1.29, 1.82) is 0 Å². The maximum atomic E-state index is 6.27. The summed E-state index contributed by atoms with van der Waals surface area (Å²) < 4.78 is 5.48. The van der Waals surface area contributed by atoms with E-state index in [-0.39, 0.29) is 0 Å². The van der Waals surface area contributed by atoms with Crippen LogP contribution in [0.15, 0.2) is 35.5 Å². The van der Waals surface area contributed by atoms with E-state index in [1.54, 1.807) is 0 Å². The van der Waals surface area contributed by atoms with Gasteiger partial charge in [-0.2, -0.15) is 0 Å². The molecule has 178 valence electrons. The Morgan fingerprint density at radius 1 is 1.03 bits per heavy atom. The molecular weight excluding hydrogens is 412 g/mol. The van der Waals surface area contributed by atoms with Crippen LogP contribution in [0, 0.1) is 5.92 Å². The van der Waals surface area contributed by atoms with Crippen LogP contribution in [0.4, 0.5) is 11.6 Å². The zero-order valence-electron chi connectivity index (χ0n) is 20.2. The normalized spacial score (nSPS) is 22.5. The van der Waals surface area contributed by atoms with E-state index in [0.717, 1.165) is 67.1 Å². The van der Waals surface area contributed by atoms with Crippen molar-refractivity contribution in [3.8, 4) is 11.3 Å². The van der Waals surface area contributed by atoms with Crippen LogP contribution in [-0.4, -0.2) is 54.1 Å². The third-order valence-electron chi connectivity index (χ3n) is 6.82. The molecule has 2 aliphatic rings. The second-order valence-corrected chi connectivity index (χ2v) is 9.58. The van der Waals surface area contributed by atoms with Gasteiger partial charge in [0.25, 0.3) is 0 Å². The number of nitrogens with two attached hydrogens (primary N) is 1. The minimum Gasteiger partial charge on any atom is -0.398 e. The molecule has 0 unspecified atom stereocenters. The monoisotopic (exact) mass is 450 g/mol. The summed E-state index contributed by atoms with van der Waals surface area (Å²) in [6.07, 6.45) is 8.73. The van der Waals surface area contributed by atoms with Gasteiger partial charge in [0.05, 0.1) is 5.69 Å². The Bertz CT molecular complexity index is 946. The van der Waals surface area contributed by atoms with Crippen LogP contribution in [0.2, 0.25) is 0 Å². The fourth-order valence-corrected chi connectivity index (χ4v) is 5.00. The third-order valence-corrected chi connectivity index (χ3v) is 6.82. The molecule has 33 heavy (non-hydrogen) atoms. The molecule has 7 nitrogen and oxygen atoms in total. The molecule has 1 aromatic carbocycles. The number of nitrogens with zero attached hydrogens (tertiary/aromatic N) is 3. The van der Waals surface area contributed by atoms with Gasteiger partial charge in [-0.3, -0.25) is 4.99 Å². The van der Waals surface area contributed by atoms with Gasteiger partial charge in [0.1, 0.15) is 0 Å². The first-order valence-electron chi connectivity index (χ1n) is 12.3. The molecule has 0 amide bonds. The number of ether oxygens (including phenoxy) is 1. The zero-order valence-corrected chi connectivity index (χ0v) is 20.2. The van der Waals surface area contributed by atoms with Crippen molar-refractivity contribution in [2.24, 2.45) is 10.9 Å². The van der Waals surface area contributed by atoms with Crippen LogP contribution in [0.3, 0.4) is 0 Å². The Morgan fingerprint density at radius 3 is 2.42 bits per heavy atom. The number of nitrogens with one attached hydrogen (secondary N) is 2. The summed E-state index contributed by atoms with van der Waals surface area (Å²) in [6, 6.07) is 9.65. The molecule has 1 saturated heterocycles. The second kappa shape index (κ2) is 11.1. The van der Waals surface area contributed by atoms with Crippen LogP contribution in [-0.2, 0) is 4.74 Å². The molecule has 4 rings (SSSR count). The number of hydrogen-bond acceptors (Lipinski definition) is 7. The number of rotatable bonds is 7. The first-order valence-corrected chi connectivity index (χ1v) is 12.3. The molecule has 1 saturated carbocycles. The quantitative estimate of drug-likeness (QED) is 0.430. The number of anilines is 2. The van der Waals surface area contributed by atoms with Crippen molar-refractivity contribution in [1.82, 2.24) is 15.3 Å². The van der Waals surface area contributed by atoms with Gasteiger partial charge in [-0.05, 0) is 62.6 Å². The first kappa shape index (κ1) is 23.6. The van der Waals surface area contributed by atoms with Gasteiger partial charge < -0.3 is 21.1 Å². The molecule has 1 aliphatic heterocycles. The number of hydrogen-bond donors (Lipinski definition) is 3. The SMILES string of the molecule is CN=C(c1cc(-c2ccnc(NC3CCC(NC4CCOCC4)CC3)n2)ccc1N)C(C)C. The van der Waals surface area contributed by atoms with E-state index >= 15 is 0 Å². The van der Waals surface area contributed by atoms with E-state index in [0.29, 0.717) is 30.0 Å². The number of benzene rings is 1. The minimum absolute atomic E-state index is 0.297. The highest BCUT2D eigenvalue weighted by Crippen LogP contribution is 2.27. The lowest BCUT2D eigenvalue weighted by molar-refractivity contribution is 0.0730. The molecule has 7 heteroatoms. The standard InChI is InChI=1S/C26H38N6O/c1-17(2)25(28-3)22-16-18(4-9-23(22)27)24-10-13-29-26(32-24)31-20-7-5-19(6-8-20)30-21-11-14-33-15-12-21/h4,9-10,13,16-17,19-21,30H,5-8,11-12,14-15,27H2,1-3H3,(H,29,31,32). The van der Waals surface area contributed by atoms with Gasteiger partial charge in [0.15, 0.2) is 0 Å². The molecule has 2 aromatic rings. The summed E-state index contributed by atoms with van der Waals surface area (Å²) in [5, 5.41) is 7.42. The molecule has 1 aromatic heterocycles. The molecule has 2 fully saturated rings. The number of nitrogen functional groups attached to an aromatic ring is 1. The van der Waals surface area contributed by atoms with Gasteiger partial charge in [-0.25, -0.2) is 9.97 Å². The molecule has 0 bridgehead atoms. The summed E-state index contributed by atoms with van der Waals surface area (Å²) in [5.74, 6) is 0.992. The second-order valence-electron chi connectivity index (χ2n) is 9.58. The molecule has 0 radical (unpaired) electrons. The van der Waals surface area contributed by atoms with Crippen LogP contribution >= 0.6 is 0 Å². The molecule has 0 spiro atoms. The van der Waals surface area contributed by atoms with E-state index < -0.39 is 0 Å². The maximum Gasteiger partial charge on any atom is 0.223 e. The smallest absolute Gasteiger partial charge is 0.223 e. The van der Waals surface area contributed by atoms with E-state index in [1.807, 2.05) is 31.4 Å². The van der Waals surface area contributed by atoms with Crippen molar-refractivity contribution < 1.29 is 4.74 Å². The largest absolute Gasteiger partial charge is 0.398 e. The third kappa shape index (κ3) is 6.09. The Morgan fingerprint density at radius 2 is 1.73 bits per heavy atom. The highest BCUT2D eigenvalue weighted by molar-refractivity contribution is 6.06. The van der Waals surface area contributed by atoms with E-state index in [4.69, 9.17) is 15.5 Å². The van der Waals surface area contributed by atoms with Crippen molar-refractivity contribution >= 4 is 17.3 Å². The summed E-state index contributed by atoms with van der Waals surface area (Å²) in [6.45, 7) is 6.05. The minimum atomic E-state index is 0.297. The van der Waals surface area contributed by atoms with Crippen LogP contribution < -0.4 is 16.4 Å². The Hall–Kier alpha value is -2.51. The molecule has 1 aliphatic carbocycles. The summed E-state index contributed by atoms with van der Waals surface area (Å²) in [7, 11) is 1.82. The van der Waals surface area contributed by atoms with Crippen molar-refractivity contribution in [3.05, 3.63) is 36.0 Å². The highest BCUT2D eigenvalue weighted by atomic mass is 16.5. The maximum absolute atomic E-state index is 6.27. The number of aliphatic imine (C=N–C) groups is 1. The van der Waals surface area contributed by atoms with Gasteiger partial charge in [-0.15, -0.1) is 0 Å². The van der Waals surface area contributed by atoms with E-state index in [2.05, 4.69) is 40.5 Å². The molecule has 0 atom stereocenters. The number of aromatic nitrogens is 2. The lowest BCUT2D eigenvalue weighted by atomic mass is 9.90. The summed E-state index contributed by atoms with van der Waals surface area (Å²) in [4.78, 5) is 13.8. The lowest BCUT2D eigenvalue weighted by Crippen LogP contribution is -2.44. The van der Waals surface area contributed by atoms with Crippen LogP contribution in [0.5, 0.6) is 0 Å². The van der Waals surface area contributed by atoms with Gasteiger partial charge >= 0.3 is 0 Å². The van der Waals surface area contributed by atoms with E-state index in [9.17, 15) is 0 Å². The average molecular weight is 451 g/mol. The topological polar surface area (TPSA) is 97.5 Å². The molecule has 2 heterocycles. The Kier molecular flexibility index (Phi) is 7.93. The summed E-state index contributed by atoms with van der Waals surface area (Å²) in [5.41, 5.74) is 10.9. The van der Waals surface area contributed by atoms with Crippen LogP contribution in [0.25, 0.3) is 11.3 Å². The fraction of sp³-hybridized carbons (Fsp3) is 0.577. The zero-order chi connectivity index (χ0) is 23.2. The van der Waals surface area contributed by atoms with Crippen molar-refractivity contribution in [2.75, 3.05) is 31.3 Å². The molecular formula is C26H38N6O. The summed E-state index contributed by atoms with van der Waals surface area (Å²) >= 11 is 0. The first-order chi connectivity index (χ1) is 16.0. The predicted octanol–water partition coefficient (Wildman–Crippen LogP) is 4.29. The highest BCUT2D eigenvalue weighted by Gasteiger charge is 2.24. The predicted molar refractivity (Wildman–Crippen MR) is 136 cm³/mol. The van der Waals surface area contributed by atoms with Crippen LogP contribution in [0.1, 0.15) is 57.9 Å². The van der Waals surface area contributed by atoms with Gasteiger partial charge in [0, 0.05) is 67.1 Å². The van der Waals surface area contributed by atoms with Crippen molar-refractivity contribution in [2.45, 2.75) is 70.5 Å². The molecule has 4 N–H and O–H groups in total.